The van der Waals surface area contributed by atoms with Gasteiger partial charge in [-0.3, -0.25) is 0 Å². The molecule has 98 valence electrons. The highest BCUT2D eigenvalue weighted by atomic mass is 32.1. The Bertz CT molecular complexity index is 341. The van der Waals surface area contributed by atoms with Gasteiger partial charge in [-0.25, -0.2) is 4.98 Å². The summed E-state index contributed by atoms with van der Waals surface area (Å²) < 4.78 is 0. The number of nitrogens with one attached hydrogen (secondary N) is 1. The zero-order chi connectivity index (χ0) is 13.1. The summed E-state index contributed by atoms with van der Waals surface area (Å²) in [7, 11) is 0. The molecule has 0 radical (unpaired) electrons. The van der Waals surface area contributed by atoms with Gasteiger partial charge in [-0.1, -0.05) is 34.6 Å². The number of nitrogens with zero attached hydrogens (tertiary/aromatic N) is 1. The van der Waals surface area contributed by atoms with Gasteiger partial charge in [-0.05, 0) is 5.92 Å². The van der Waals surface area contributed by atoms with Gasteiger partial charge in [0.15, 0.2) is 0 Å². The van der Waals surface area contributed by atoms with Gasteiger partial charge in [-0.15, -0.1) is 11.3 Å². The lowest BCUT2D eigenvalue weighted by molar-refractivity contribution is 0.210. The van der Waals surface area contributed by atoms with Gasteiger partial charge >= 0.3 is 0 Å². The summed E-state index contributed by atoms with van der Waals surface area (Å²) >= 11 is 1.69. The molecule has 0 aliphatic carbocycles. The van der Waals surface area contributed by atoms with Crippen molar-refractivity contribution in [3.63, 3.8) is 0 Å². The molecular formula is C13H24N2OS. The Balaban J connectivity index is 2.56. The summed E-state index contributed by atoms with van der Waals surface area (Å²) in [6.45, 7) is 11.6. The lowest BCUT2D eigenvalue weighted by Gasteiger charge is -2.19. The van der Waals surface area contributed by atoms with Gasteiger partial charge in [0.25, 0.3) is 0 Å². The van der Waals surface area contributed by atoms with E-state index in [4.69, 9.17) is 0 Å². The van der Waals surface area contributed by atoms with Gasteiger partial charge in [0.05, 0.1) is 12.3 Å². The maximum atomic E-state index is 9.23. The quantitative estimate of drug-likeness (QED) is 0.851. The van der Waals surface area contributed by atoms with Crippen LogP contribution < -0.4 is 5.32 Å². The largest absolute Gasteiger partial charge is 0.395 e. The first-order chi connectivity index (χ1) is 7.84. The molecule has 4 heteroatoms. The van der Waals surface area contributed by atoms with Crippen LogP contribution in [-0.4, -0.2) is 22.7 Å². The maximum Gasteiger partial charge on any atom is 0.107 e. The van der Waals surface area contributed by atoms with Crippen molar-refractivity contribution in [3.8, 4) is 0 Å². The zero-order valence-electron chi connectivity index (χ0n) is 11.4. The van der Waals surface area contributed by atoms with E-state index in [1.165, 1.54) is 0 Å². The minimum Gasteiger partial charge on any atom is -0.395 e. The lowest BCUT2D eigenvalue weighted by Crippen LogP contribution is -2.36. The molecule has 1 rings (SSSR count). The van der Waals surface area contributed by atoms with E-state index in [-0.39, 0.29) is 18.1 Å². The molecule has 0 saturated heterocycles. The summed E-state index contributed by atoms with van der Waals surface area (Å²) in [5.74, 6) is 0.432. The smallest absolute Gasteiger partial charge is 0.107 e. The number of aliphatic hydroxyl groups is 1. The Morgan fingerprint density at radius 2 is 2.06 bits per heavy atom. The SMILES string of the molecule is CC(C)[C@@H](CO)NCc1nc(C(C)(C)C)cs1. The van der Waals surface area contributed by atoms with Crippen LogP contribution in [0.15, 0.2) is 5.38 Å². The molecule has 0 spiro atoms. The van der Waals surface area contributed by atoms with E-state index >= 15 is 0 Å². The highest BCUT2D eigenvalue weighted by Gasteiger charge is 2.18. The van der Waals surface area contributed by atoms with E-state index < -0.39 is 0 Å². The van der Waals surface area contributed by atoms with E-state index in [1.807, 2.05) is 0 Å². The standard InChI is InChI=1S/C13H24N2OS/c1-9(2)10(7-16)14-6-12-15-11(8-17-12)13(3,4)5/h8-10,14,16H,6-7H2,1-5H3/t10-/m1/s1. The number of hydrogen-bond donors (Lipinski definition) is 2. The number of rotatable bonds is 5. The predicted octanol–water partition coefficient (Wildman–Crippen LogP) is 2.55. The second-order valence-electron chi connectivity index (χ2n) is 5.79. The van der Waals surface area contributed by atoms with Crippen LogP contribution in [-0.2, 0) is 12.0 Å². The fourth-order valence-electron chi connectivity index (χ4n) is 1.47. The zero-order valence-corrected chi connectivity index (χ0v) is 12.3. The second-order valence-corrected chi connectivity index (χ2v) is 6.73. The predicted molar refractivity (Wildman–Crippen MR) is 73.4 cm³/mol. The molecule has 0 unspecified atom stereocenters. The van der Waals surface area contributed by atoms with Crippen molar-refractivity contribution in [2.24, 2.45) is 5.92 Å². The monoisotopic (exact) mass is 256 g/mol. The summed E-state index contributed by atoms with van der Waals surface area (Å²) in [5.41, 5.74) is 1.26. The van der Waals surface area contributed by atoms with Crippen LogP contribution in [0.25, 0.3) is 0 Å². The molecule has 1 aromatic rings. The highest BCUT2D eigenvalue weighted by molar-refractivity contribution is 7.09. The number of aromatic nitrogens is 1. The van der Waals surface area contributed by atoms with Crippen molar-refractivity contribution in [2.45, 2.75) is 52.6 Å². The Morgan fingerprint density at radius 1 is 1.41 bits per heavy atom. The normalized spacial score (nSPS) is 14.3. The van der Waals surface area contributed by atoms with Crippen LogP contribution in [0.4, 0.5) is 0 Å². The molecule has 0 bridgehead atoms. The van der Waals surface area contributed by atoms with E-state index in [2.05, 4.69) is 50.3 Å². The van der Waals surface area contributed by atoms with Crippen LogP contribution in [0.1, 0.15) is 45.3 Å². The molecule has 2 N–H and O–H groups in total. The van der Waals surface area contributed by atoms with Crippen molar-refractivity contribution in [1.82, 2.24) is 10.3 Å². The fraction of sp³-hybridized carbons (Fsp3) is 0.769. The summed E-state index contributed by atoms with van der Waals surface area (Å²) in [5, 5.41) is 15.8. The molecule has 3 nitrogen and oxygen atoms in total. The Kier molecular flexibility index (Phi) is 5.10. The van der Waals surface area contributed by atoms with E-state index in [0.717, 1.165) is 17.2 Å². The summed E-state index contributed by atoms with van der Waals surface area (Å²) in [6, 6.07) is 0.150. The molecule has 0 aromatic carbocycles. The van der Waals surface area contributed by atoms with Gasteiger partial charge in [0.1, 0.15) is 5.01 Å². The molecule has 1 heterocycles. The summed E-state index contributed by atoms with van der Waals surface area (Å²) in [6.07, 6.45) is 0. The van der Waals surface area contributed by atoms with Gasteiger partial charge in [-0.2, -0.15) is 0 Å². The molecule has 1 atom stereocenters. The number of hydrogen-bond acceptors (Lipinski definition) is 4. The van der Waals surface area contributed by atoms with Gasteiger partial charge < -0.3 is 10.4 Å². The molecule has 0 fully saturated rings. The van der Waals surface area contributed by atoms with Crippen LogP contribution in [0.5, 0.6) is 0 Å². The molecule has 0 saturated carbocycles. The Morgan fingerprint density at radius 3 is 2.47 bits per heavy atom. The van der Waals surface area contributed by atoms with Crippen molar-refractivity contribution in [2.75, 3.05) is 6.61 Å². The molecule has 1 aromatic heterocycles. The fourth-order valence-corrected chi connectivity index (χ4v) is 2.44. The lowest BCUT2D eigenvalue weighted by atomic mass is 9.93. The van der Waals surface area contributed by atoms with Crippen LogP contribution in [0, 0.1) is 5.92 Å². The first-order valence-corrected chi connectivity index (χ1v) is 7.01. The third-order valence-electron chi connectivity index (χ3n) is 2.84. The minimum atomic E-state index is 0.114. The highest BCUT2D eigenvalue weighted by Crippen LogP contribution is 2.23. The van der Waals surface area contributed by atoms with Crippen molar-refractivity contribution in [1.29, 1.82) is 0 Å². The third-order valence-corrected chi connectivity index (χ3v) is 3.69. The topological polar surface area (TPSA) is 45.1 Å². The summed E-state index contributed by atoms with van der Waals surface area (Å²) in [4.78, 5) is 4.62. The van der Waals surface area contributed by atoms with Crippen LogP contribution >= 0.6 is 11.3 Å². The molecule has 0 amide bonds. The minimum absolute atomic E-state index is 0.114. The van der Waals surface area contributed by atoms with E-state index in [0.29, 0.717) is 5.92 Å². The van der Waals surface area contributed by atoms with Crippen molar-refractivity contribution >= 4 is 11.3 Å². The molecular weight excluding hydrogens is 232 g/mol. The van der Waals surface area contributed by atoms with Gasteiger partial charge in [0, 0.05) is 23.4 Å². The maximum absolute atomic E-state index is 9.23. The second kappa shape index (κ2) is 5.94. The Labute approximate surface area is 108 Å². The van der Waals surface area contributed by atoms with E-state index in [9.17, 15) is 5.11 Å². The molecule has 17 heavy (non-hydrogen) atoms. The number of thiazole rings is 1. The third kappa shape index (κ3) is 4.37. The average Bonchev–Trinajstić information content (AvgIpc) is 2.66. The Hall–Kier alpha value is -0.450. The van der Waals surface area contributed by atoms with Crippen molar-refractivity contribution < 1.29 is 5.11 Å². The molecule has 0 aliphatic rings. The van der Waals surface area contributed by atoms with Gasteiger partial charge in [0.2, 0.25) is 0 Å². The van der Waals surface area contributed by atoms with E-state index in [1.54, 1.807) is 11.3 Å². The van der Waals surface area contributed by atoms with Crippen molar-refractivity contribution in [3.05, 3.63) is 16.1 Å². The first-order valence-electron chi connectivity index (χ1n) is 6.13. The average molecular weight is 256 g/mol. The number of aliphatic hydroxyl groups excluding tert-OH is 1. The first kappa shape index (κ1) is 14.6. The van der Waals surface area contributed by atoms with Crippen LogP contribution in [0.3, 0.4) is 0 Å². The van der Waals surface area contributed by atoms with Crippen LogP contribution in [0.2, 0.25) is 0 Å². The molecule has 0 aliphatic heterocycles.